The van der Waals surface area contributed by atoms with E-state index in [1.54, 1.807) is 21.9 Å². The number of aryl methyl sites for hydroxylation is 1. The van der Waals surface area contributed by atoms with Gasteiger partial charge in [-0.2, -0.15) is 0 Å². The number of carbonyl (C=O) groups excluding carboxylic acids is 2. The number of aliphatic carboxylic acids is 1. The SMILES string of the molecule is C=CCN(C(=O)C1N(CCCCCO)C(=O)[C@@H]2[C@H](C(=O)O)[C@@H]3CC(C)C12S3)c1c(C)cccc1Cl. The number of carboxylic acids is 1. The third-order valence-electron chi connectivity index (χ3n) is 7.86. The van der Waals surface area contributed by atoms with Gasteiger partial charge in [0.25, 0.3) is 5.91 Å². The maximum atomic E-state index is 14.5. The lowest BCUT2D eigenvalue weighted by molar-refractivity contribution is -0.149. The third-order valence-corrected chi connectivity index (χ3v) is 10.2. The van der Waals surface area contributed by atoms with Crippen molar-refractivity contribution in [2.75, 3.05) is 24.6 Å². The average molecular weight is 521 g/mol. The Morgan fingerprint density at radius 3 is 2.71 bits per heavy atom. The molecule has 3 fully saturated rings. The first-order valence-corrected chi connectivity index (χ1v) is 13.5. The number of hydrogen-bond acceptors (Lipinski definition) is 5. The van der Waals surface area contributed by atoms with Crippen LogP contribution in [0.3, 0.4) is 0 Å². The van der Waals surface area contributed by atoms with Crippen molar-refractivity contribution in [3.63, 3.8) is 0 Å². The smallest absolute Gasteiger partial charge is 0.308 e. The first kappa shape index (κ1) is 26.0. The van der Waals surface area contributed by atoms with Crippen molar-refractivity contribution < 1.29 is 24.6 Å². The molecule has 2 amide bonds. The van der Waals surface area contributed by atoms with Gasteiger partial charge in [0.05, 0.1) is 27.3 Å². The highest BCUT2D eigenvalue weighted by molar-refractivity contribution is 8.02. The van der Waals surface area contributed by atoms with Crippen LogP contribution in [0.15, 0.2) is 30.9 Å². The number of aliphatic hydroxyl groups is 1. The number of likely N-dealkylation sites (tertiary alicyclic amines) is 1. The molecule has 1 aromatic rings. The predicted molar refractivity (Wildman–Crippen MR) is 138 cm³/mol. The van der Waals surface area contributed by atoms with Crippen molar-refractivity contribution in [2.45, 2.75) is 55.6 Å². The van der Waals surface area contributed by atoms with Crippen molar-refractivity contribution in [2.24, 2.45) is 17.8 Å². The maximum absolute atomic E-state index is 14.5. The van der Waals surface area contributed by atoms with Crippen molar-refractivity contribution in [1.82, 2.24) is 4.90 Å². The van der Waals surface area contributed by atoms with E-state index in [4.69, 9.17) is 11.6 Å². The highest BCUT2D eigenvalue weighted by Crippen LogP contribution is 2.68. The van der Waals surface area contributed by atoms with Crippen molar-refractivity contribution in [3.05, 3.63) is 41.4 Å². The minimum atomic E-state index is -0.965. The lowest BCUT2D eigenvalue weighted by Crippen LogP contribution is -2.57. The van der Waals surface area contributed by atoms with Crippen LogP contribution in [0.1, 0.15) is 38.2 Å². The van der Waals surface area contributed by atoms with E-state index in [2.05, 4.69) is 6.58 Å². The minimum Gasteiger partial charge on any atom is -0.481 e. The fourth-order valence-corrected chi connectivity index (χ4v) is 9.16. The van der Waals surface area contributed by atoms with Crippen molar-refractivity contribution in [1.29, 1.82) is 0 Å². The Bertz CT molecular complexity index is 1010. The van der Waals surface area contributed by atoms with Gasteiger partial charge in [0.1, 0.15) is 6.04 Å². The summed E-state index contributed by atoms with van der Waals surface area (Å²) in [7, 11) is 0. The van der Waals surface area contributed by atoms with Gasteiger partial charge in [-0.3, -0.25) is 14.4 Å². The zero-order chi connectivity index (χ0) is 25.5. The van der Waals surface area contributed by atoms with Crippen molar-refractivity contribution >= 4 is 46.8 Å². The lowest BCUT2D eigenvalue weighted by Gasteiger charge is -2.40. The van der Waals surface area contributed by atoms with E-state index in [-0.39, 0.29) is 36.1 Å². The van der Waals surface area contributed by atoms with Crippen LogP contribution in [-0.4, -0.2) is 68.6 Å². The maximum Gasteiger partial charge on any atom is 0.308 e. The number of fused-ring (bicyclic) bond motifs is 1. The molecule has 3 heterocycles. The number of anilines is 1. The fourth-order valence-electron chi connectivity index (χ4n) is 6.43. The number of amides is 2. The van der Waals surface area contributed by atoms with Gasteiger partial charge in [0.2, 0.25) is 5.91 Å². The van der Waals surface area contributed by atoms with Crippen LogP contribution >= 0.6 is 23.4 Å². The quantitative estimate of drug-likeness (QED) is 0.360. The van der Waals surface area contributed by atoms with Crippen LogP contribution < -0.4 is 4.90 Å². The molecule has 0 aliphatic carbocycles. The molecule has 4 rings (SSSR count). The summed E-state index contributed by atoms with van der Waals surface area (Å²) in [4.78, 5) is 43.8. The summed E-state index contributed by atoms with van der Waals surface area (Å²) >= 11 is 8.09. The number of carbonyl (C=O) groups is 3. The molecule has 0 aromatic heterocycles. The molecule has 3 unspecified atom stereocenters. The summed E-state index contributed by atoms with van der Waals surface area (Å²) in [5.41, 5.74) is 1.42. The number of hydrogen-bond donors (Lipinski definition) is 2. The Hall–Kier alpha value is -2.03. The Labute approximate surface area is 215 Å². The number of halogens is 1. The summed E-state index contributed by atoms with van der Waals surface area (Å²) in [5.74, 6) is -2.97. The van der Waals surface area contributed by atoms with Gasteiger partial charge in [0, 0.05) is 24.9 Å². The largest absolute Gasteiger partial charge is 0.481 e. The number of carboxylic acid groups (broad SMARTS) is 1. The van der Waals surface area contributed by atoms with Crippen LogP contribution in [0.25, 0.3) is 0 Å². The first-order chi connectivity index (χ1) is 16.7. The van der Waals surface area contributed by atoms with Crippen LogP contribution in [0.4, 0.5) is 5.69 Å². The second-order valence-electron chi connectivity index (χ2n) is 9.85. The van der Waals surface area contributed by atoms with Crippen LogP contribution in [0.5, 0.6) is 0 Å². The average Bonchev–Trinajstić information content (AvgIpc) is 3.39. The highest BCUT2D eigenvalue weighted by atomic mass is 35.5. The monoisotopic (exact) mass is 520 g/mol. The normalized spacial score (nSPS) is 31.0. The molecule has 190 valence electrons. The van der Waals surface area contributed by atoms with E-state index in [1.807, 2.05) is 26.0 Å². The molecule has 3 aliphatic heterocycles. The molecule has 3 saturated heterocycles. The number of benzene rings is 1. The lowest BCUT2D eigenvalue weighted by atomic mass is 9.66. The van der Waals surface area contributed by atoms with Crippen LogP contribution in [0.2, 0.25) is 5.02 Å². The van der Waals surface area contributed by atoms with E-state index in [9.17, 15) is 24.6 Å². The van der Waals surface area contributed by atoms with E-state index in [1.165, 1.54) is 11.8 Å². The number of rotatable bonds is 10. The summed E-state index contributed by atoms with van der Waals surface area (Å²) in [6.07, 6.45) is 4.26. The molecule has 7 nitrogen and oxygen atoms in total. The number of unbranched alkanes of at least 4 members (excludes halogenated alkanes) is 2. The van der Waals surface area contributed by atoms with Gasteiger partial charge in [-0.15, -0.1) is 18.3 Å². The molecule has 1 aromatic carbocycles. The minimum absolute atomic E-state index is 0.0105. The number of nitrogens with zero attached hydrogens (tertiary/aromatic N) is 2. The number of aliphatic hydroxyl groups excluding tert-OH is 1. The molecule has 35 heavy (non-hydrogen) atoms. The first-order valence-electron chi connectivity index (χ1n) is 12.2. The second kappa shape index (κ2) is 10.1. The molecule has 1 spiro atoms. The van der Waals surface area contributed by atoms with E-state index in [0.29, 0.717) is 42.9 Å². The Kier molecular flexibility index (Phi) is 7.55. The molecule has 6 atom stereocenters. The Balaban J connectivity index is 1.80. The Morgan fingerprint density at radius 1 is 1.34 bits per heavy atom. The van der Waals surface area contributed by atoms with Gasteiger partial charge >= 0.3 is 5.97 Å². The molecule has 2 bridgehead atoms. The standard InChI is InChI=1S/C26H33ClN2O5S/c1-4-11-28(21-15(2)9-8-10-17(21)27)24(32)22-26-16(3)14-18(35-26)19(25(33)34)20(26)23(31)29(22)12-6-5-7-13-30/h4,8-10,16,18-20,22,30H,1,5-7,11-14H2,2-3H3,(H,33,34)/t16?,18-,19+,20-,22?,26?/m0/s1. The fraction of sp³-hybridized carbons (Fsp3) is 0.577. The third kappa shape index (κ3) is 4.07. The van der Waals surface area contributed by atoms with Crippen LogP contribution in [-0.2, 0) is 14.4 Å². The number of para-hydroxylation sites is 1. The van der Waals surface area contributed by atoms with Gasteiger partial charge in [-0.25, -0.2) is 0 Å². The number of thioether (sulfide) groups is 1. The van der Waals surface area contributed by atoms with Crippen LogP contribution in [0, 0.1) is 24.7 Å². The molecule has 3 aliphatic rings. The summed E-state index contributed by atoms with van der Waals surface area (Å²) in [6, 6.07) is 4.66. The molecule has 0 saturated carbocycles. The molecular formula is C26H33ClN2O5S. The van der Waals surface area contributed by atoms with Crippen molar-refractivity contribution in [3.8, 4) is 0 Å². The highest BCUT2D eigenvalue weighted by Gasteiger charge is 2.76. The zero-order valence-corrected chi connectivity index (χ0v) is 21.7. The van der Waals surface area contributed by atoms with Gasteiger partial charge in [0.15, 0.2) is 0 Å². The zero-order valence-electron chi connectivity index (χ0n) is 20.2. The summed E-state index contributed by atoms with van der Waals surface area (Å²) < 4.78 is -0.798. The summed E-state index contributed by atoms with van der Waals surface area (Å²) in [5, 5.41) is 19.5. The van der Waals surface area contributed by atoms with Gasteiger partial charge < -0.3 is 20.0 Å². The van der Waals surface area contributed by atoms with Gasteiger partial charge in [-0.1, -0.05) is 36.7 Å². The molecular weight excluding hydrogens is 488 g/mol. The Morgan fingerprint density at radius 2 is 2.09 bits per heavy atom. The summed E-state index contributed by atoms with van der Waals surface area (Å²) in [6.45, 7) is 8.40. The molecule has 0 radical (unpaired) electrons. The van der Waals surface area contributed by atoms with Gasteiger partial charge in [-0.05, 0) is 50.2 Å². The van der Waals surface area contributed by atoms with E-state index in [0.717, 1.165) is 5.56 Å². The second-order valence-corrected chi connectivity index (χ2v) is 11.8. The van der Waals surface area contributed by atoms with E-state index < -0.39 is 28.6 Å². The molecule has 2 N–H and O–H groups in total. The van der Waals surface area contributed by atoms with E-state index >= 15 is 0 Å². The molecule has 9 heteroatoms. The predicted octanol–water partition coefficient (Wildman–Crippen LogP) is 3.75. The topological polar surface area (TPSA) is 98.2 Å².